The zero-order valence-corrected chi connectivity index (χ0v) is 49.6. The highest BCUT2D eigenvalue weighted by molar-refractivity contribution is 8.01. The first-order valence-corrected chi connectivity index (χ1v) is 31.8. The molecule has 18 rings (SSSR count). The number of benzene rings is 13. The molecule has 0 bridgehead atoms. The summed E-state index contributed by atoms with van der Waals surface area (Å²) in [6.45, 7) is 4.91. The minimum atomic E-state index is -0.368. The Hall–Kier alpha value is -9.85. The van der Waals surface area contributed by atoms with E-state index in [0.717, 1.165) is 39.8 Å². The molecule has 0 amide bonds. The summed E-state index contributed by atoms with van der Waals surface area (Å²) in [6, 6.07) is 108. The van der Waals surface area contributed by atoms with Gasteiger partial charge in [-0.15, -0.1) is 0 Å². The second-order valence-electron chi connectivity index (χ2n) is 23.9. The fourth-order valence-corrected chi connectivity index (χ4v) is 17.8. The predicted octanol–water partition coefficient (Wildman–Crippen LogP) is 17.6. The van der Waals surface area contributed by atoms with Gasteiger partial charge in [0.05, 0.1) is 0 Å². The van der Waals surface area contributed by atoms with Crippen molar-refractivity contribution in [3.8, 4) is 11.1 Å². The van der Waals surface area contributed by atoms with Crippen LogP contribution in [-0.2, 0) is 5.41 Å². The first-order chi connectivity index (χ1) is 42.9. The zero-order valence-electron chi connectivity index (χ0n) is 48.0. The van der Waals surface area contributed by atoms with Gasteiger partial charge in [0, 0.05) is 93.2 Å². The van der Waals surface area contributed by atoms with Crippen molar-refractivity contribution in [3.63, 3.8) is 0 Å². The van der Waals surface area contributed by atoms with E-state index in [-0.39, 0.29) is 18.8 Å². The Bertz CT molecular complexity index is 4850. The highest BCUT2D eigenvalue weighted by Crippen LogP contribution is 2.58. The van der Waals surface area contributed by atoms with Crippen LogP contribution in [0.2, 0.25) is 0 Å². The van der Waals surface area contributed by atoms with Crippen molar-refractivity contribution < 1.29 is 0 Å². The van der Waals surface area contributed by atoms with Gasteiger partial charge < -0.3 is 19.6 Å². The van der Waals surface area contributed by atoms with E-state index < -0.39 is 0 Å². The number of hydrogen-bond donors (Lipinski definition) is 0. The van der Waals surface area contributed by atoms with E-state index in [2.05, 4.69) is 325 Å². The van der Waals surface area contributed by atoms with Crippen LogP contribution in [0, 0.1) is 0 Å². The molecule has 0 atom stereocenters. The average Bonchev–Trinajstić information content (AvgIpc) is 1.78. The molecule has 4 aliphatic heterocycles. The molecule has 4 nitrogen and oxygen atoms in total. The molecule has 0 spiro atoms. The molecule has 0 unspecified atom stereocenters. The summed E-state index contributed by atoms with van der Waals surface area (Å²) in [5.41, 5.74) is 27.2. The molecule has 0 saturated carbocycles. The number of nitrogens with zero attached hydrogens (tertiary/aromatic N) is 4. The maximum absolute atomic E-state index is 2.66. The van der Waals surface area contributed by atoms with Gasteiger partial charge in [-0.2, -0.15) is 0 Å². The van der Waals surface area contributed by atoms with Crippen LogP contribution < -0.4 is 52.4 Å². The fourth-order valence-electron chi connectivity index (χ4n) is 15.2. The van der Waals surface area contributed by atoms with Gasteiger partial charge in [0.25, 0.3) is 0 Å². The lowest BCUT2D eigenvalue weighted by atomic mass is 9.31. The van der Waals surface area contributed by atoms with E-state index in [1.165, 1.54) is 114 Å². The lowest BCUT2D eigenvalue weighted by molar-refractivity contribution is 0.661. The third kappa shape index (κ3) is 7.64. The van der Waals surface area contributed by atoms with Crippen molar-refractivity contribution in [2.24, 2.45) is 0 Å². The Morgan fingerprint density at radius 1 is 0.345 bits per heavy atom. The van der Waals surface area contributed by atoms with E-state index in [1.54, 1.807) is 0 Å². The molecular formula is C79H54B2N4S2. The third-order valence-electron chi connectivity index (χ3n) is 18.8. The van der Waals surface area contributed by atoms with Crippen LogP contribution in [0.4, 0.5) is 68.2 Å². The van der Waals surface area contributed by atoms with Crippen LogP contribution in [0.5, 0.6) is 0 Å². The summed E-state index contributed by atoms with van der Waals surface area (Å²) >= 11 is 3.94. The van der Waals surface area contributed by atoms with E-state index in [1.807, 2.05) is 23.5 Å². The van der Waals surface area contributed by atoms with Gasteiger partial charge >= 0.3 is 0 Å². The Labute approximate surface area is 517 Å². The van der Waals surface area contributed by atoms with Crippen LogP contribution in [0.3, 0.4) is 0 Å². The molecule has 87 heavy (non-hydrogen) atoms. The first-order valence-electron chi connectivity index (χ1n) is 30.1. The Balaban J connectivity index is 0.852. The lowest BCUT2D eigenvalue weighted by Crippen LogP contribution is -2.63. The molecule has 13 aromatic carbocycles. The molecule has 408 valence electrons. The largest absolute Gasteiger partial charge is 0.311 e. The number of para-hydroxylation sites is 8. The molecule has 4 heterocycles. The van der Waals surface area contributed by atoms with Gasteiger partial charge in [-0.3, -0.25) is 0 Å². The number of rotatable bonds is 8. The molecule has 0 radical (unpaired) electrons. The molecule has 5 aliphatic rings. The zero-order chi connectivity index (χ0) is 57.5. The van der Waals surface area contributed by atoms with Crippen molar-refractivity contribution in [2.75, 3.05) is 19.6 Å². The Morgan fingerprint density at radius 3 is 1.39 bits per heavy atom. The SMILES string of the molecule is CC1(C)c2cc(N(c3ccccc3)c3ccccc3)ccc2-c2cc3c4c(c21)N(c1ccccc1)c1ccccc1B4c1cc2c(cc1S3)Sc1c3c(cc4cc(N(c5ccccc5)c5ccccc5)ccc14)N(c1ccccc1)c1ccccc1B23. The van der Waals surface area contributed by atoms with Gasteiger partial charge in [-0.05, 0) is 182 Å². The first kappa shape index (κ1) is 50.5. The van der Waals surface area contributed by atoms with Gasteiger partial charge in [-0.1, -0.05) is 212 Å². The summed E-state index contributed by atoms with van der Waals surface area (Å²) in [4.78, 5) is 15.2. The van der Waals surface area contributed by atoms with Crippen molar-refractivity contribution in [1.29, 1.82) is 0 Å². The normalized spacial score (nSPS) is 14.0. The Kier molecular flexibility index (Phi) is 11.4. The molecule has 0 aromatic heterocycles. The van der Waals surface area contributed by atoms with Crippen LogP contribution >= 0.6 is 23.5 Å². The molecule has 0 fully saturated rings. The second-order valence-corrected chi connectivity index (χ2v) is 26.1. The Morgan fingerprint density at radius 2 is 0.816 bits per heavy atom. The summed E-state index contributed by atoms with van der Waals surface area (Å²) in [7, 11) is 0. The summed E-state index contributed by atoms with van der Waals surface area (Å²) in [5.74, 6) is 0. The maximum Gasteiger partial charge on any atom is 0.249 e. The van der Waals surface area contributed by atoms with Crippen molar-refractivity contribution in [1.82, 2.24) is 0 Å². The number of anilines is 12. The van der Waals surface area contributed by atoms with E-state index in [9.17, 15) is 0 Å². The monoisotopic (exact) mass is 1140 g/mol. The summed E-state index contributed by atoms with van der Waals surface area (Å²) < 4.78 is 0. The highest BCUT2D eigenvalue weighted by Gasteiger charge is 2.50. The summed E-state index contributed by atoms with van der Waals surface area (Å²) in [6.07, 6.45) is 0. The van der Waals surface area contributed by atoms with E-state index in [4.69, 9.17) is 0 Å². The highest BCUT2D eigenvalue weighted by atomic mass is 32.2. The van der Waals surface area contributed by atoms with Crippen molar-refractivity contribution >= 4 is 149 Å². The quantitative estimate of drug-likeness (QED) is 0.140. The predicted molar refractivity (Wildman–Crippen MR) is 371 cm³/mol. The van der Waals surface area contributed by atoms with E-state index >= 15 is 0 Å². The van der Waals surface area contributed by atoms with Gasteiger partial charge in [-0.25, -0.2) is 0 Å². The van der Waals surface area contributed by atoms with Crippen LogP contribution in [0.15, 0.2) is 311 Å². The minimum absolute atomic E-state index is 0.0126. The minimum Gasteiger partial charge on any atom is -0.311 e. The molecular weight excluding hydrogens is 1090 g/mol. The molecule has 0 saturated heterocycles. The topological polar surface area (TPSA) is 13.0 Å². The molecule has 13 aromatic rings. The molecule has 0 N–H and O–H groups in total. The number of hydrogen-bond acceptors (Lipinski definition) is 6. The van der Waals surface area contributed by atoms with Gasteiger partial charge in [0.15, 0.2) is 0 Å². The van der Waals surface area contributed by atoms with Crippen molar-refractivity contribution in [3.05, 3.63) is 302 Å². The van der Waals surface area contributed by atoms with Crippen LogP contribution in [-0.4, -0.2) is 13.4 Å². The average molecular weight is 1150 g/mol. The third-order valence-corrected chi connectivity index (χ3v) is 21.2. The standard InChI is InChI=1S/C79H54B2N4S2/c1-79(2)63-47-59(83(54-29-13-5-14-30-54)55-31-15-6-16-32-55)42-44-61(63)62-48-73-76-77(74(62)79)85(57-35-19-8-20-36-57)69-40-24-22-38-65(69)81(76)66-49-67-72(50-71(66)86-73)87-78-60-43-41-58(82(52-25-9-3-10-26-52)53-27-11-4-12-28-53)45-51(60)46-70-75(78)80(67)64-37-21-23-39-68(64)84(70)56-33-17-7-18-34-56/h3-50H,1-2H3. The molecule has 1 aliphatic carbocycles. The smallest absolute Gasteiger partial charge is 0.249 e. The van der Waals surface area contributed by atoms with Gasteiger partial charge in [0.1, 0.15) is 0 Å². The van der Waals surface area contributed by atoms with Crippen LogP contribution in [0.25, 0.3) is 21.9 Å². The second kappa shape index (κ2) is 19.6. The summed E-state index contributed by atoms with van der Waals surface area (Å²) in [5, 5.41) is 2.48. The van der Waals surface area contributed by atoms with Crippen LogP contribution in [0.1, 0.15) is 25.0 Å². The lowest BCUT2D eigenvalue weighted by Gasteiger charge is -2.44. The van der Waals surface area contributed by atoms with Crippen molar-refractivity contribution in [2.45, 2.75) is 38.8 Å². The maximum atomic E-state index is 2.66. The van der Waals surface area contributed by atoms with Gasteiger partial charge in [0.2, 0.25) is 13.4 Å². The number of fused-ring (bicyclic) bond motifs is 14. The fraction of sp³-hybridized carbons (Fsp3) is 0.0380. The molecule has 8 heteroatoms. The van der Waals surface area contributed by atoms with E-state index in [0.29, 0.717) is 0 Å².